The van der Waals surface area contributed by atoms with E-state index in [-0.39, 0.29) is 11.9 Å². The second kappa shape index (κ2) is 7.25. The van der Waals surface area contributed by atoms with Crippen LogP contribution in [0, 0.1) is 0 Å². The van der Waals surface area contributed by atoms with Crippen molar-refractivity contribution in [3.63, 3.8) is 0 Å². The Balaban J connectivity index is 1.92. The standard InChI is InChI=1S/C17H19ClN2O/c1-12(14-7-9-15(18)10-8-14)20-17(21)16(19)11-13-5-3-2-4-6-13/h2-10,12,16H,11,19H2,1H3,(H,20,21)/t12-,16-/m1/s1. The molecule has 0 aliphatic carbocycles. The topological polar surface area (TPSA) is 55.1 Å². The highest BCUT2D eigenvalue weighted by molar-refractivity contribution is 6.30. The first-order chi connectivity index (χ1) is 10.1. The lowest BCUT2D eigenvalue weighted by Gasteiger charge is -2.18. The van der Waals surface area contributed by atoms with Crippen LogP contribution in [0.5, 0.6) is 0 Å². The minimum atomic E-state index is -0.554. The number of carbonyl (C=O) groups excluding carboxylic acids is 1. The predicted octanol–water partition coefficient (Wildman–Crippen LogP) is 3.09. The highest BCUT2D eigenvalue weighted by Gasteiger charge is 2.16. The molecular weight excluding hydrogens is 284 g/mol. The molecule has 2 aromatic carbocycles. The number of carbonyl (C=O) groups is 1. The first-order valence-corrected chi connectivity index (χ1v) is 7.29. The van der Waals surface area contributed by atoms with Crippen LogP contribution in [-0.4, -0.2) is 11.9 Å². The Bertz CT molecular complexity index is 583. The second-order valence-electron chi connectivity index (χ2n) is 5.08. The third-order valence-corrected chi connectivity index (χ3v) is 3.62. The summed E-state index contributed by atoms with van der Waals surface area (Å²) >= 11 is 5.86. The van der Waals surface area contributed by atoms with Crippen molar-refractivity contribution in [1.82, 2.24) is 5.32 Å². The minimum Gasteiger partial charge on any atom is -0.348 e. The zero-order valence-electron chi connectivity index (χ0n) is 11.9. The number of halogens is 1. The molecule has 0 saturated carbocycles. The minimum absolute atomic E-state index is 0.100. The summed E-state index contributed by atoms with van der Waals surface area (Å²) in [7, 11) is 0. The van der Waals surface area contributed by atoms with Crippen LogP contribution in [0.1, 0.15) is 24.1 Å². The van der Waals surface area contributed by atoms with Crippen molar-refractivity contribution in [1.29, 1.82) is 0 Å². The normalized spacial score (nSPS) is 13.5. The molecule has 0 unspecified atom stereocenters. The van der Waals surface area contributed by atoms with Gasteiger partial charge in [0.05, 0.1) is 12.1 Å². The Labute approximate surface area is 130 Å². The number of rotatable bonds is 5. The summed E-state index contributed by atoms with van der Waals surface area (Å²) in [6, 6.07) is 16.5. The summed E-state index contributed by atoms with van der Waals surface area (Å²) in [5.41, 5.74) is 8.02. The van der Waals surface area contributed by atoms with E-state index in [9.17, 15) is 4.79 Å². The maximum Gasteiger partial charge on any atom is 0.237 e. The van der Waals surface area contributed by atoms with Gasteiger partial charge in [0.25, 0.3) is 0 Å². The maximum atomic E-state index is 12.1. The molecule has 0 aliphatic rings. The second-order valence-corrected chi connectivity index (χ2v) is 5.51. The van der Waals surface area contributed by atoms with Gasteiger partial charge in [-0.25, -0.2) is 0 Å². The van der Waals surface area contributed by atoms with E-state index in [4.69, 9.17) is 17.3 Å². The van der Waals surface area contributed by atoms with Gasteiger partial charge in [-0.15, -0.1) is 0 Å². The van der Waals surface area contributed by atoms with Gasteiger partial charge >= 0.3 is 0 Å². The van der Waals surface area contributed by atoms with Crippen LogP contribution in [0.2, 0.25) is 5.02 Å². The number of nitrogens with one attached hydrogen (secondary N) is 1. The lowest BCUT2D eigenvalue weighted by Crippen LogP contribution is -2.42. The lowest BCUT2D eigenvalue weighted by atomic mass is 10.0. The molecule has 0 bridgehead atoms. The lowest BCUT2D eigenvalue weighted by molar-refractivity contribution is -0.123. The summed E-state index contributed by atoms with van der Waals surface area (Å²) in [5, 5.41) is 3.61. The van der Waals surface area contributed by atoms with E-state index < -0.39 is 6.04 Å². The Morgan fingerprint density at radius 3 is 2.38 bits per heavy atom. The van der Waals surface area contributed by atoms with Crippen molar-refractivity contribution < 1.29 is 4.79 Å². The number of hydrogen-bond acceptors (Lipinski definition) is 2. The Kier molecular flexibility index (Phi) is 5.37. The summed E-state index contributed by atoms with van der Waals surface area (Å²) in [6.07, 6.45) is 0.528. The molecule has 2 atom stereocenters. The molecule has 2 rings (SSSR count). The molecule has 3 N–H and O–H groups in total. The molecule has 21 heavy (non-hydrogen) atoms. The van der Waals surface area contributed by atoms with Gasteiger partial charge in [0.15, 0.2) is 0 Å². The van der Waals surface area contributed by atoms with Gasteiger partial charge < -0.3 is 11.1 Å². The van der Waals surface area contributed by atoms with Crippen LogP contribution in [-0.2, 0) is 11.2 Å². The highest BCUT2D eigenvalue weighted by Crippen LogP contribution is 2.16. The quantitative estimate of drug-likeness (QED) is 0.892. The average Bonchev–Trinajstić information content (AvgIpc) is 2.48. The molecule has 1 amide bonds. The van der Waals surface area contributed by atoms with Crippen molar-refractivity contribution in [2.24, 2.45) is 5.73 Å². The van der Waals surface area contributed by atoms with Gasteiger partial charge in [0.2, 0.25) is 5.91 Å². The van der Waals surface area contributed by atoms with Crippen molar-refractivity contribution in [2.75, 3.05) is 0 Å². The smallest absolute Gasteiger partial charge is 0.237 e. The molecular formula is C17H19ClN2O. The van der Waals surface area contributed by atoms with E-state index in [1.165, 1.54) is 0 Å². The van der Waals surface area contributed by atoms with E-state index in [0.717, 1.165) is 11.1 Å². The van der Waals surface area contributed by atoms with Gasteiger partial charge in [0.1, 0.15) is 0 Å². The van der Waals surface area contributed by atoms with E-state index in [2.05, 4.69) is 5.32 Å². The number of nitrogens with two attached hydrogens (primary N) is 1. The Morgan fingerprint density at radius 2 is 1.76 bits per heavy atom. The van der Waals surface area contributed by atoms with Crippen molar-refractivity contribution in [3.8, 4) is 0 Å². The van der Waals surface area contributed by atoms with Crippen LogP contribution >= 0.6 is 11.6 Å². The van der Waals surface area contributed by atoms with Gasteiger partial charge in [-0.1, -0.05) is 54.1 Å². The SMILES string of the molecule is C[C@@H](NC(=O)[C@H](N)Cc1ccccc1)c1ccc(Cl)cc1. The molecule has 0 fully saturated rings. The largest absolute Gasteiger partial charge is 0.348 e. The van der Waals surface area contributed by atoms with Crippen LogP contribution in [0.15, 0.2) is 54.6 Å². The van der Waals surface area contributed by atoms with Crippen molar-refractivity contribution >= 4 is 17.5 Å². The Morgan fingerprint density at radius 1 is 1.14 bits per heavy atom. The summed E-state index contributed by atoms with van der Waals surface area (Å²) in [6.45, 7) is 1.93. The zero-order chi connectivity index (χ0) is 15.2. The van der Waals surface area contributed by atoms with Crippen LogP contribution in [0.3, 0.4) is 0 Å². The van der Waals surface area contributed by atoms with E-state index in [0.29, 0.717) is 11.4 Å². The first kappa shape index (κ1) is 15.5. The fourth-order valence-corrected chi connectivity index (χ4v) is 2.24. The number of amides is 1. The third kappa shape index (κ3) is 4.59. The number of benzene rings is 2. The molecule has 0 radical (unpaired) electrons. The molecule has 0 heterocycles. The van der Waals surface area contributed by atoms with Gasteiger partial charge in [-0.2, -0.15) is 0 Å². The highest BCUT2D eigenvalue weighted by atomic mass is 35.5. The molecule has 0 aromatic heterocycles. The van der Waals surface area contributed by atoms with E-state index >= 15 is 0 Å². The molecule has 0 saturated heterocycles. The molecule has 0 spiro atoms. The average molecular weight is 303 g/mol. The van der Waals surface area contributed by atoms with Crippen molar-refractivity contribution in [3.05, 3.63) is 70.7 Å². The maximum absolute atomic E-state index is 12.1. The third-order valence-electron chi connectivity index (χ3n) is 3.36. The van der Waals surface area contributed by atoms with Crippen LogP contribution in [0.4, 0.5) is 0 Å². The summed E-state index contributed by atoms with van der Waals surface area (Å²) in [4.78, 5) is 12.1. The van der Waals surface area contributed by atoms with Gasteiger partial charge in [0, 0.05) is 5.02 Å². The molecule has 2 aromatic rings. The predicted molar refractivity (Wildman–Crippen MR) is 86.1 cm³/mol. The van der Waals surface area contributed by atoms with E-state index in [1.54, 1.807) is 0 Å². The fraction of sp³-hybridized carbons (Fsp3) is 0.235. The van der Waals surface area contributed by atoms with Crippen LogP contribution in [0.25, 0.3) is 0 Å². The zero-order valence-corrected chi connectivity index (χ0v) is 12.7. The Hall–Kier alpha value is -1.84. The van der Waals surface area contributed by atoms with Gasteiger partial charge in [-0.3, -0.25) is 4.79 Å². The fourth-order valence-electron chi connectivity index (χ4n) is 2.12. The summed E-state index contributed by atoms with van der Waals surface area (Å²) < 4.78 is 0. The summed E-state index contributed by atoms with van der Waals surface area (Å²) in [5.74, 6) is -0.152. The molecule has 110 valence electrons. The first-order valence-electron chi connectivity index (χ1n) is 6.91. The van der Waals surface area contributed by atoms with Crippen molar-refractivity contribution in [2.45, 2.75) is 25.4 Å². The molecule has 3 nitrogen and oxygen atoms in total. The monoisotopic (exact) mass is 302 g/mol. The van der Waals surface area contributed by atoms with Crippen LogP contribution < -0.4 is 11.1 Å². The molecule has 0 aliphatic heterocycles. The van der Waals surface area contributed by atoms with E-state index in [1.807, 2.05) is 61.5 Å². The van der Waals surface area contributed by atoms with Gasteiger partial charge in [-0.05, 0) is 36.6 Å². The number of hydrogen-bond donors (Lipinski definition) is 2. The molecule has 4 heteroatoms.